The minimum atomic E-state index is -0.213. The molecule has 108 valence electrons. The molecule has 2 N–H and O–H groups in total. The van der Waals surface area contributed by atoms with E-state index in [0.717, 1.165) is 36.9 Å². The number of nitrogens with zero attached hydrogens (tertiary/aromatic N) is 1. The van der Waals surface area contributed by atoms with E-state index in [0.29, 0.717) is 4.99 Å². The number of carbonyl (C=O) groups excluding carboxylic acids is 1. The van der Waals surface area contributed by atoms with Crippen molar-refractivity contribution in [3.05, 3.63) is 29.8 Å². The molecule has 1 aromatic rings. The molecule has 0 heterocycles. The largest absolute Gasteiger partial charge is 0.389 e. The number of amides is 1. The van der Waals surface area contributed by atoms with Crippen molar-refractivity contribution in [2.24, 2.45) is 11.1 Å². The highest BCUT2D eigenvalue weighted by molar-refractivity contribution is 7.80. The third-order valence-corrected chi connectivity index (χ3v) is 4.55. The van der Waals surface area contributed by atoms with Crippen LogP contribution in [-0.2, 0) is 4.79 Å². The van der Waals surface area contributed by atoms with Crippen LogP contribution in [0.5, 0.6) is 0 Å². The summed E-state index contributed by atoms with van der Waals surface area (Å²) in [6.07, 6.45) is 5.52. The Morgan fingerprint density at radius 3 is 2.25 bits per heavy atom. The van der Waals surface area contributed by atoms with Crippen LogP contribution in [0, 0.1) is 5.41 Å². The minimum absolute atomic E-state index is 0.209. The second-order valence-electron chi connectivity index (χ2n) is 5.90. The molecular formula is C16H22N2OS. The van der Waals surface area contributed by atoms with E-state index >= 15 is 0 Å². The lowest BCUT2D eigenvalue weighted by atomic mass is 9.74. The summed E-state index contributed by atoms with van der Waals surface area (Å²) in [5.74, 6) is 0.209. The van der Waals surface area contributed by atoms with Crippen molar-refractivity contribution in [3.63, 3.8) is 0 Å². The zero-order valence-corrected chi connectivity index (χ0v) is 13.0. The molecule has 1 aliphatic rings. The first-order chi connectivity index (χ1) is 9.44. The summed E-state index contributed by atoms with van der Waals surface area (Å²) in [5.41, 5.74) is 7.09. The van der Waals surface area contributed by atoms with Crippen LogP contribution in [0.15, 0.2) is 24.3 Å². The second kappa shape index (κ2) is 5.92. The molecule has 0 radical (unpaired) electrons. The Hall–Kier alpha value is -1.42. The number of anilines is 1. The molecule has 0 bridgehead atoms. The summed E-state index contributed by atoms with van der Waals surface area (Å²) in [6.45, 7) is 2.09. The monoisotopic (exact) mass is 290 g/mol. The average Bonchev–Trinajstić information content (AvgIpc) is 2.46. The summed E-state index contributed by atoms with van der Waals surface area (Å²) in [4.78, 5) is 14.9. The maximum Gasteiger partial charge on any atom is 0.232 e. The molecule has 0 unspecified atom stereocenters. The Balaban J connectivity index is 2.15. The number of hydrogen-bond acceptors (Lipinski definition) is 2. The lowest BCUT2D eigenvalue weighted by Gasteiger charge is -2.35. The zero-order valence-electron chi connectivity index (χ0n) is 12.2. The molecule has 4 heteroatoms. The van der Waals surface area contributed by atoms with Crippen molar-refractivity contribution >= 4 is 28.8 Å². The number of nitrogens with two attached hydrogens (primary N) is 1. The van der Waals surface area contributed by atoms with E-state index in [1.54, 1.807) is 4.90 Å². The van der Waals surface area contributed by atoms with Gasteiger partial charge in [-0.15, -0.1) is 0 Å². The van der Waals surface area contributed by atoms with Crippen LogP contribution in [0.4, 0.5) is 5.69 Å². The topological polar surface area (TPSA) is 46.3 Å². The molecule has 2 rings (SSSR count). The number of benzene rings is 1. The molecule has 1 aliphatic carbocycles. The first-order valence-corrected chi connectivity index (χ1v) is 7.53. The molecule has 0 saturated heterocycles. The molecule has 0 aromatic heterocycles. The lowest BCUT2D eigenvalue weighted by molar-refractivity contribution is -0.128. The van der Waals surface area contributed by atoms with Crippen LogP contribution in [0.25, 0.3) is 0 Å². The number of thiocarbonyl (C=S) groups is 1. The van der Waals surface area contributed by atoms with Crippen molar-refractivity contribution in [1.29, 1.82) is 0 Å². The Morgan fingerprint density at radius 1 is 1.20 bits per heavy atom. The van der Waals surface area contributed by atoms with Gasteiger partial charge in [-0.2, -0.15) is 0 Å². The van der Waals surface area contributed by atoms with Gasteiger partial charge in [-0.05, 0) is 37.1 Å². The lowest BCUT2D eigenvalue weighted by Crippen LogP contribution is -2.41. The first-order valence-electron chi connectivity index (χ1n) is 7.12. The molecule has 1 fully saturated rings. The van der Waals surface area contributed by atoms with Crippen LogP contribution in [0.3, 0.4) is 0 Å². The maximum absolute atomic E-state index is 12.7. The quantitative estimate of drug-likeness (QED) is 0.869. The third kappa shape index (κ3) is 3.01. The maximum atomic E-state index is 12.7. The van der Waals surface area contributed by atoms with Gasteiger partial charge in [-0.1, -0.05) is 38.4 Å². The Kier molecular flexibility index (Phi) is 4.43. The molecule has 0 aliphatic heterocycles. The van der Waals surface area contributed by atoms with Crippen LogP contribution in [0.2, 0.25) is 0 Å². The van der Waals surface area contributed by atoms with Crippen LogP contribution < -0.4 is 10.6 Å². The first kappa shape index (κ1) is 15.0. The number of carbonyl (C=O) groups is 1. The van der Waals surface area contributed by atoms with Crippen molar-refractivity contribution in [2.45, 2.75) is 39.0 Å². The van der Waals surface area contributed by atoms with Crippen LogP contribution >= 0.6 is 12.2 Å². The smallest absolute Gasteiger partial charge is 0.232 e. The summed E-state index contributed by atoms with van der Waals surface area (Å²) in [6, 6.07) is 7.53. The molecule has 3 nitrogen and oxygen atoms in total. The predicted octanol–water partition coefficient (Wildman–Crippen LogP) is 3.25. The van der Waals surface area contributed by atoms with Gasteiger partial charge in [-0.3, -0.25) is 4.79 Å². The highest BCUT2D eigenvalue weighted by atomic mass is 32.1. The van der Waals surface area contributed by atoms with Crippen molar-refractivity contribution in [3.8, 4) is 0 Å². The van der Waals surface area contributed by atoms with E-state index in [2.05, 4.69) is 6.92 Å². The molecule has 1 amide bonds. The van der Waals surface area contributed by atoms with Gasteiger partial charge in [0.05, 0.1) is 0 Å². The van der Waals surface area contributed by atoms with Crippen LogP contribution in [-0.4, -0.2) is 17.9 Å². The van der Waals surface area contributed by atoms with Crippen molar-refractivity contribution in [1.82, 2.24) is 0 Å². The minimum Gasteiger partial charge on any atom is -0.389 e. The van der Waals surface area contributed by atoms with E-state index in [1.807, 2.05) is 31.3 Å². The zero-order chi connectivity index (χ0) is 14.8. The Labute approximate surface area is 126 Å². The second-order valence-corrected chi connectivity index (χ2v) is 6.34. The van der Waals surface area contributed by atoms with Gasteiger partial charge in [0, 0.05) is 23.7 Å². The predicted molar refractivity (Wildman–Crippen MR) is 86.9 cm³/mol. The van der Waals surface area contributed by atoms with Gasteiger partial charge in [-0.25, -0.2) is 0 Å². The van der Waals surface area contributed by atoms with Gasteiger partial charge in [0.2, 0.25) is 5.91 Å². The summed E-state index contributed by atoms with van der Waals surface area (Å²) < 4.78 is 0. The summed E-state index contributed by atoms with van der Waals surface area (Å²) in [5, 5.41) is 0. The number of rotatable bonds is 3. The molecule has 0 spiro atoms. The van der Waals surface area contributed by atoms with Gasteiger partial charge in [0.25, 0.3) is 0 Å². The van der Waals surface area contributed by atoms with Crippen LogP contribution in [0.1, 0.15) is 44.6 Å². The van der Waals surface area contributed by atoms with Crippen molar-refractivity contribution < 1.29 is 4.79 Å². The highest BCUT2D eigenvalue weighted by Gasteiger charge is 2.36. The average molecular weight is 290 g/mol. The van der Waals surface area contributed by atoms with E-state index < -0.39 is 0 Å². The Morgan fingerprint density at radius 2 is 1.75 bits per heavy atom. The normalized spacial score (nSPS) is 17.5. The fourth-order valence-corrected chi connectivity index (χ4v) is 3.05. The van der Waals surface area contributed by atoms with Gasteiger partial charge < -0.3 is 10.6 Å². The standard InChI is InChI=1S/C16H22N2OS/c1-16(10-4-3-5-11-16)15(19)18(2)13-8-6-12(7-9-13)14(17)20/h6-9H,3-5,10-11H2,1-2H3,(H2,17,20). The Bertz CT molecular complexity index is 504. The van der Waals surface area contributed by atoms with Crippen molar-refractivity contribution in [2.75, 3.05) is 11.9 Å². The molecule has 0 atom stereocenters. The molecule has 1 aromatic carbocycles. The fourth-order valence-electron chi connectivity index (χ4n) is 2.92. The third-order valence-electron chi connectivity index (χ3n) is 4.32. The van der Waals surface area contributed by atoms with E-state index in [1.165, 1.54) is 6.42 Å². The summed E-state index contributed by atoms with van der Waals surface area (Å²) in [7, 11) is 1.85. The highest BCUT2D eigenvalue weighted by Crippen LogP contribution is 2.38. The molecule has 1 saturated carbocycles. The molecule has 20 heavy (non-hydrogen) atoms. The molecular weight excluding hydrogens is 268 g/mol. The SMILES string of the molecule is CN(C(=O)C1(C)CCCCC1)c1ccc(C(N)=S)cc1. The van der Waals surface area contributed by atoms with Gasteiger partial charge in [0.1, 0.15) is 4.99 Å². The van der Waals surface area contributed by atoms with Gasteiger partial charge in [0.15, 0.2) is 0 Å². The van der Waals surface area contributed by atoms with E-state index in [9.17, 15) is 4.79 Å². The van der Waals surface area contributed by atoms with E-state index in [-0.39, 0.29) is 11.3 Å². The summed E-state index contributed by atoms with van der Waals surface area (Å²) >= 11 is 4.94. The van der Waals surface area contributed by atoms with Gasteiger partial charge >= 0.3 is 0 Å². The fraction of sp³-hybridized carbons (Fsp3) is 0.500. The van der Waals surface area contributed by atoms with E-state index in [4.69, 9.17) is 18.0 Å². The number of hydrogen-bond donors (Lipinski definition) is 1.